The molecule has 1 saturated heterocycles. The minimum absolute atomic E-state index is 0.0622. The van der Waals surface area contributed by atoms with Crippen molar-refractivity contribution in [2.45, 2.75) is 44.0 Å². The molecule has 13 heteroatoms. The average molecular weight is 561 g/mol. The number of hydrogen-bond acceptors (Lipinski definition) is 7. The molecule has 2 aliphatic rings. The van der Waals surface area contributed by atoms with Gasteiger partial charge in [-0.25, -0.2) is 4.39 Å². The van der Waals surface area contributed by atoms with Gasteiger partial charge in [0.15, 0.2) is 0 Å². The molecule has 208 valence electrons. The molecule has 4 rings (SSSR count). The lowest BCUT2D eigenvalue weighted by Gasteiger charge is -2.36. The molecule has 0 atom stereocenters. The summed E-state index contributed by atoms with van der Waals surface area (Å²) >= 11 is 5.82. The lowest BCUT2D eigenvalue weighted by molar-refractivity contribution is -0.139. The highest BCUT2D eigenvalue weighted by Gasteiger charge is 2.35. The summed E-state index contributed by atoms with van der Waals surface area (Å²) in [6.45, 7) is 1.82. The van der Waals surface area contributed by atoms with Crippen molar-refractivity contribution < 1.29 is 37.5 Å². The van der Waals surface area contributed by atoms with E-state index in [2.05, 4.69) is 5.32 Å². The highest BCUT2D eigenvalue weighted by molar-refractivity contribution is 6.30. The fourth-order valence-electron chi connectivity index (χ4n) is 4.85. The number of benzene rings is 2. The Morgan fingerprint density at radius 1 is 1.05 bits per heavy atom. The number of alkyl halides is 3. The smallest absolute Gasteiger partial charge is 0.382 e. The summed E-state index contributed by atoms with van der Waals surface area (Å²) < 4.78 is 59.9. The van der Waals surface area contributed by atoms with Crippen LogP contribution in [0.4, 0.5) is 34.6 Å². The lowest BCUT2D eigenvalue weighted by atomic mass is 9.92. The van der Waals surface area contributed by atoms with Crippen LogP contribution in [0.5, 0.6) is 0 Å². The number of rotatable bonds is 7. The molecule has 38 heavy (non-hydrogen) atoms. The molecule has 1 heterocycles. The number of carbonyl (C=O) groups is 1. The Hall–Kier alpha value is -2.80. The van der Waals surface area contributed by atoms with Crippen LogP contribution in [0.2, 0.25) is 5.02 Å². The highest BCUT2D eigenvalue weighted by Crippen LogP contribution is 2.38. The van der Waals surface area contributed by atoms with Gasteiger partial charge >= 0.3 is 6.18 Å². The predicted octanol–water partition coefficient (Wildman–Crippen LogP) is 5.17. The Balaban J connectivity index is 1.20. The molecule has 8 nitrogen and oxygen atoms in total. The van der Waals surface area contributed by atoms with Gasteiger partial charge in [0.2, 0.25) is 5.91 Å². The second kappa shape index (κ2) is 11.9. The second-order valence-corrected chi connectivity index (χ2v) is 9.85. The Labute approximate surface area is 222 Å². The van der Waals surface area contributed by atoms with Gasteiger partial charge in [-0.1, -0.05) is 11.6 Å². The molecule has 1 amide bonds. The van der Waals surface area contributed by atoms with E-state index < -0.39 is 28.5 Å². The van der Waals surface area contributed by atoms with E-state index in [0.29, 0.717) is 62.6 Å². The monoisotopic (exact) mass is 560 g/mol. The second-order valence-electron chi connectivity index (χ2n) is 9.41. The van der Waals surface area contributed by atoms with Crippen molar-refractivity contribution in [3.05, 3.63) is 52.8 Å². The maximum Gasteiger partial charge on any atom is 0.418 e. The number of ether oxygens (including phenoxy) is 1. The van der Waals surface area contributed by atoms with E-state index in [1.807, 2.05) is 4.90 Å². The third kappa shape index (κ3) is 6.99. The molecular formula is C25H29ClF4N4O4. The van der Waals surface area contributed by atoms with Gasteiger partial charge in [-0.2, -0.15) is 13.2 Å². The summed E-state index contributed by atoms with van der Waals surface area (Å²) in [5.41, 5.74) is -1.25. The van der Waals surface area contributed by atoms with Crippen LogP contribution < -0.4 is 15.4 Å². The molecule has 3 N–H and O–H groups in total. The number of carbonyl (C=O) groups excluding carboxylic acids is 1. The molecule has 0 aromatic heterocycles. The number of anilines is 3. The summed E-state index contributed by atoms with van der Waals surface area (Å²) in [5.74, 6) is -0.534. The molecule has 2 aromatic rings. The van der Waals surface area contributed by atoms with Gasteiger partial charge in [-0.15, -0.1) is 5.23 Å². The average Bonchev–Trinajstić information content (AvgIpc) is 2.87. The fraction of sp³-hybridized carbons (Fsp3) is 0.480. The standard InChI is InChI=1S/C25H29ClF4N4O4/c26-16-1-7-23(21(27)13-16)32-9-11-33(12-10-32)24(35)15-38-19-5-2-17(3-6-19)31-18-4-8-22(34(36)37)20(14-18)25(28,29)30/h1,4,7-8,13-14,17,19,31,36-37H,2-3,5-6,9-12,15H2. The first kappa shape index (κ1) is 28.2. The SMILES string of the molecule is O=C(COC1CCC(Nc2ccc(N(O)O)c(C(F)(F)F)c2)CC1)N1CCN(c2ccc(Cl)cc2F)CC1. The number of nitrogens with zero attached hydrogens (tertiary/aromatic N) is 3. The largest absolute Gasteiger partial charge is 0.418 e. The zero-order chi connectivity index (χ0) is 27.4. The maximum absolute atomic E-state index is 14.2. The summed E-state index contributed by atoms with van der Waals surface area (Å²) in [4.78, 5) is 16.2. The number of halogens is 5. The fourth-order valence-corrected chi connectivity index (χ4v) is 5.01. The van der Waals surface area contributed by atoms with Crippen molar-refractivity contribution in [1.29, 1.82) is 0 Å². The molecular weight excluding hydrogens is 532 g/mol. The number of hydrogen-bond donors (Lipinski definition) is 3. The van der Waals surface area contributed by atoms with Gasteiger partial charge in [-0.3, -0.25) is 15.2 Å². The predicted molar refractivity (Wildman–Crippen MR) is 133 cm³/mol. The van der Waals surface area contributed by atoms with Crippen molar-refractivity contribution in [2.75, 3.05) is 48.2 Å². The lowest BCUT2D eigenvalue weighted by Crippen LogP contribution is -2.50. The Morgan fingerprint density at radius 3 is 2.34 bits per heavy atom. The van der Waals surface area contributed by atoms with E-state index in [9.17, 15) is 22.4 Å². The van der Waals surface area contributed by atoms with E-state index in [4.69, 9.17) is 26.8 Å². The van der Waals surface area contributed by atoms with Crippen molar-refractivity contribution in [1.82, 2.24) is 4.90 Å². The van der Waals surface area contributed by atoms with Gasteiger partial charge in [0.05, 0.1) is 17.4 Å². The van der Waals surface area contributed by atoms with Gasteiger partial charge in [0.1, 0.15) is 18.1 Å². The highest BCUT2D eigenvalue weighted by atomic mass is 35.5. The van der Waals surface area contributed by atoms with Crippen LogP contribution in [0.15, 0.2) is 36.4 Å². The number of piperazine rings is 1. The van der Waals surface area contributed by atoms with Crippen molar-refractivity contribution >= 4 is 34.6 Å². The normalized spacial score (nSPS) is 20.4. The minimum atomic E-state index is -4.76. The quantitative estimate of drug-likeness (QED) is 0.318. The molecule has 1 aliphatic heterocycles. The zero-order valence-corrected chi connectivity index (χ0v) is 21.2. The molecule has 0 bridgehead atoms. The van der Waals surface area contributed by atoms with Crippen molar-refractivity contribution in [2.24, 2.45) is 0 Å². The Kier molecular flexibility index (Phi) is 8.86. The zero-order valence-electron chi connectivity index (χ0n) is 20.4. The van der Waals surface area contributed by atoms with Gasteiger partial charge in [0, 0.05) is 42.9 Å². The minimum Gasteiger partial charge on any atom is -0.382 e. The van der Waals surface area contributed by atoms with E-state index in [-0.39, 0.29) is 30.3 Å². The maximum atomic E-state index is 14.2. The van der Waals surface area contributed by atoms with Gasteiger partial charge in [0.25, 0.3) is 0 Å². The van der Waals surface area contributed by atoms with Gasteiger partial charge in [-0.05, 0) is 62.1 Å². The number of nitrogens with one attached hydrogen (secondary N) is 1. The summed E-state index contributed by atoms with van der Waals surface area (Å²) in [7, 11) is 0. The van der Waals surface area contributed by atoms with E-state index in [1.165, 1.54) is 12.1 Å². The molecule has 1 aliphatic carbocycles. The molecule has 2 fully saturated rings. The van der Waals surface area contributed by atoms with E-state index in [0.717, 1.165) is 12.1 Å². The Bertz CT molecular complexity index is 1120. The van der Waals surface area contributed by atoms with Crippen LogP contribution in [-0.2, 0) is 15.7 Å². The van der Waals surface area contributed by atoms with Crippen LogP contribution >= 0.6 is 11.6 Å². The van der Waals surface area contributed by atoms with Gasteiger partial charge < -0.3 is 19.9 Å². The van der Waals surface area contributed by atoms with Crippen molar-refractivity contribution in [3.8, 4) is 0 Å². The van der Waals surface area contributed by atoms with Crippen LogP contribution in [0.3, 0.4) is 0 Å². The number of amides is 1. The summed E-state index contributed by atoms with van der Waals surface area (Å²) in [5, 5.41) is 21.0. The van der Waals surface area contributed by atoms with Crippen LogP contribution in [-0.4, -0.2) is 66.2 Å². The molecule has 0 unspecified atom stereocenters. The molecule has 0 radical (unpaired) electrons. The van der Waals surface area contributed by atoms with Crippen LogP contribution in [0, 0.1) is 5.82 Å². The summed E-state index contributed by atoms with van der Waals surface area (Å²) in [6.07, 6.45) is -2.33. The third-order valence-corrected chi connectivity index (χ3v) is 7.12. The van der Waals surface area contributed by atoms with Crippen LogP contribution in [0.25, 0.3) is 0 Å². The Morgan fingerprint density at radius 2 is 1.74 bits per heavy atom. The third-order valence-electron chi connectivity index (χ3n) is 6.89. The van der Waals surface area contributed by atoms with Crippen molar-refractivity contribution in [3.63, 3.8) is 0 Å². The molecule has 2 aromatic carbocycles. The molecule has 0 spiro atoms. The first-order valence-electron chi connectivity index (χ1n) is 12.3. The van der Waals surface area contributed by atoms with E-state index in [1.54, 1.807) is 17.0 Å². The van der Waals surface area contributed by atoms with Crippen LogP contribution in [0.1, 0.15) is 31.2 Å². The summed E-state index contributed by atoms with van der Waals surface area (Å²) in [6, 6.07) is 7.62. The molecule has 1 saturated carbocycles. The topological polar surface area (TPSA) is 88.5 Å². The first-order valence-corrected chi connectivity index (χ1v) is 12.6. The first-order chi connectivity index (χ1) is 18.0. The van der Waals surface area contributed by atoms with E-state index >= 15 is 0 Å².